The van der Waals surface area contributed by atoms with Crippen LogP contribution in [0.5, 0.6) is 5.75 Å². The van der Waals surface area contributed by atoms with Crippen molar-refractivity contribution in [3.05, 3.63) is 60.0 Å². The molecule has 1 aromatic heterocycles. The van der Waals surface area contributed by atoms with Crippen LogP contribution in [0.3, 0.4) is 0 Å². The van der Waals surface area contributed by atoms with E-state index < -0.39 is 0 Å². The molecule has 122 valence electrons. The molecule has 0 saturated carbocycles. The minimum absolute atomic E-state index is 0.426. The Balaban J connectivity index is 1.57. The number of methoxy groups -OCH3 is 1. The molecule has 3 aromatic rings. The average molecular weight is 321 g/mol. The third-order valence-corrected chi connectivity index (χ3v) is 4.44. The highest BCUT2D eigenvalue weighted by Gasteiger charge is 2.27. The van der Waals surface area contributed by atoms with E-state index in [-0.39, 0.29) is 0 Å². The highest BCUT2D eigenvalue weighted by molar-refractivity contribution is 5.59. The van der Waals surface area contributed by atoms with E-state index in [2.05, 4.69) is 46.3 Å². The lowest BCUT2D eigenvalue weighted by atomic mass is 10.1. The summed E-state index contributed by atoms with van der Waals surface area (Å²) in [5.41, 5.74) is 3.49. The number of hydrogen-bond acceptors (Lipinski definition) is 5. The van der Waals surface area contributed by atoms with E-state index in [1.54, 1.807) is 7.11 Å². The molecule has 5 heteroatoms. The summed E-state index contributed by atoms with van der Waals surface area (Å²) in [7, 11) is 1.64. The number of aromatic nitrogens is 2. The lowest BCUT2D eigenvalue weighted by Gasteiger charge is -2.22. The predicted octanol–water partition coefficient (Wildman–Crippen LogP) is 3.70. The van der Waals surface area contributed by atoms with E-state index in [4.69, 9.17) is 9.15 Å². The monoisotopic (exact) mass is 321 g/mol. The Hall–Kier alpha value is -2.82. The predicted molar refractivity (Wildman–Crippen MR) is 92.1 cm³/mol. The van der Waals surface area contributed by atoms with Crippen LogP contribution in [0.4, 0.5) is 5.69 Å². The third kappa shape index (κ3) is 2.62. The van der Waals surface area contributed by atoms with Crippen molar-refractivity contribution < 1.29 is 9.15 Å². The Morgan fingerprint density at radius 2 is 2.04 bits per heavy atom. The van der Waals surface area contributed by atoms with Crippen LogP contribution in [0, 0.1) is 0 Å². The zero-order chi connectivity index (χ0) is 16.5. The molecular weight excluding hydrogens is 302 g/mol. The largest absolute Gasteiger partial charge is 0.497 e. The van der Waals surface area contributed by atoms with Crippen molar-refractivity contribution in [2.75, 3.05) is 12.0 Å². The highest BCUT2D eigenvalue weighted by Crippen LogP contribution is 2.33. The van der Waals surface area contributed by atoms with Crippen LogP contribution in [-0.4, -0.2) is 23.3 Å². The smallest absolute Gasteiger partial charge is 0.247 e. The molecule has 1 aliphatic rings. The van der Waals surface area contributed by atoms with Crippen LogP contribution in [0.1, 0.15) is 18.4 Å². The molecule has 0 bridgehead atoms. The zero-order valence-electron chi connectivity index (χ0n) is 13.8. The zero-order valence-corrected chi connectivity index (χ0v) is 13.8. The van der Waals surface area contributed by atoms with Gasteiger partial charge >= 0.3 is 0 Å². The summed E-state index contributed by atoms with van der Waals surface area (Å²) in [4.78, 5) is 2.32. The quantitative estimate of drug-likeness (QED) is 0.733. The van der Waals surface area contributed by atoms with Gasteiger partial charge in [0.15, 0.2) is 0 Å². The molecule has 1 aliphatic heterocycles. The minimum Gasteiger partial charge on any atom is -0.497 e. The fourth-order valence-corrected chi connectivity index (χ4v) is 3.21. The summed E-state index contributed by atoms with van der Waals surface area (Å²) in [5.74, 6) is 1.91. The molecule has 0 saturated heterocycles. The van der Waals surface area contributed by atoms with Crippen LogP contribution >= 0.6 is 0 Å². The van der Waals surface area contributed by atoms with E-state index in [9.17, 15) is 0 Å². The SMILES string of the molecule is COc1cccc(-c2nnc(CN3c4ccccc4CC3C)o2)c1. The molecule has 4 rings (SSSR count). The fraction of sp³-hybridized carbons (Fsp3) is 0.263. The summed E-state index contributed by atoms with van der Waals surface area (Å²) in [5, 5.41) is 8.41. The Morgan fingerprint density at radius 3 is 2.92 bits per heavy atom. The standard InChI is InChI=1S/C19H19N3O2/c1-13-10-14-6-3-4-9-17(14)22(13)12-18-20-21-19(24-18)15-7-5-8-16(11-15)23-2/h3-9,11,13H,10,12H2,1-2H3. The minimum atomic E-state index is 0.426. The molecule has 24 heavy (non-hydrogen) atoms. The van der Waals surface area contributed by atoms with Crippen molar-refractivity contribution in [3.8, 4) is 17.2 Å². The van der Waals surface area contributed by atoms with E-state index in [1.165, 1.54) is 11.3 Å². The number of benzene rings is 2. The van der Waals surface area contributed by atoms with Gasteiger partial charge in [0.25, 0.3) is 0 Å². The molecule has 0 aliphatic carbocycles. The average Bonchev–Trinajstić information content (AvgIpc) is 3.20. The second-order valence-electron chi connectivity index (χ2n) is 6.04. The lowest BCUT2D eigenvalue weighted by Crippen LogP contribution is -2.28. The van der Waals surface area contributed by atoms with Crippen LogP contribution in [0.25, 0.3) is 11.5 Å². The number of hydrogen-bond donors (Lipinski definition) is 0. The van der Waals surface area contributed by atoms with Crippen molar-refractivity contribution >= 4 is 5.69 Å². The first-order chi connectivity index (χ1) is 11.7. The Labute approximate surface area is 140 Å². The van der Waals surface area contributed by atoms with E-state index >= 15 is 0 Å². The molecule has 0 amide bonds. The van der Waals surface area contributed by atoms with Crippen molar-refractivity contribution in [2.45, 2.75) is 25.9 Å². The lowest BCUT2D eigenvalue weighted by molar-refractivity contribution is 0.414. The maximum absolute atomic E-state index is 5.88. The van der Waals surface area contributed by atoms with Crippen LogP contribution in [-0.2, 0) is 13.0 Å². The van der Waals surface area contributed by atoms with Gasteiger partial charge in [0.2, 0.25) is 11.8 Å². The van der Waals surface area contributed by atoms with Gasteiger partial charge in [0.1, 0.15) is 5.75 Å². The second kappa shape index (κ2) is 6.00. The van der Waals surface area contributed by atoms with Crippen LogP contribution in [0.15, 0.2) is 52.9 Å². The maximum atomic E-state index is 5.88. The molecular formula is C19H19N3O2. The van der Waals surface area contributed by atoms with Crippen LogP contribution < -0.4 is 9.64 Å². The fourth-order valence-electron chi connectivity index (χ4n) is 3.21. The van der Waals surface area contributed by atoms with Crippen LogP contribution in [0.2, 0.25) is 0 Å². The number of rotatable bonds is 4. The molecule has 0 N–H and O–H groups in total. The molecule has 5 nitrogen and oxygen atoms in total. The summed E-state index contributed by atoms with van der Waals surface area (Å²) < 4.78 is 11.1. The first-order valence-corrected chi connectivity index (χ1v) is 8.06. The molecule has 0 fully saturated rings. The first kappa shape index (κ1) is 14.8. The van der Waals surface area contributed by atoms with Gasteiger partial charge in [-0.2, -0.15) is 0 Å². The molecule has 2 aromatic carbocycles. The summed E-state index contributed by atoms with van der Waals surface area (Å²) in [6.45, 7) is 2.84. The normalized spacial score (nSPS) is 16.2. The third-order valence-electron chi connectivity index (χ3n) is 4.44. The van der Waals surface area contributed by atoms with E-state index in [0.717, 1.165) is 17.7 Å². The molecule has 2 heterocycles. The van der Waals surface area contributed by atoms with Crippen molar-refractivity contribution in [1.82, 2.24) is 10.2 Å². The second-order valence-corrected chi connectivity index (χ2v) is 6.04. The van der Waals surface area contributed by atoms with Gasteiger partial charge in [-0.15, -0.1) is 10.2 Å². The van der Waals surface area contributed by atoms with Crippen molar-refractivity contribution in [3.63, 3.8) is 0 Å². The number of anilines is 1. The Morgan fingerprint density at radius 1 is 1.17 bits per heavy atom. The van der Waals surface area contributed by atoms with Crippen molar-refractivity contribution in [1.29, 1.82) is 0 Å². The van der Waals surface area contributed by atoms with E-state index in [0.29, 0.717) is 24.4 Å². The first-order valence-electron chi connectivity index (χ1n) is 8.06. The molecule has 0 radical (unpaired) electrons. The summed E-state index contributed by atoms with van der Waals surface area (Å²) in [6, 6.07) is 16.6. The Kier molecular flexibility index (Phi) is 3.69. The Bertz CT molecular complexity index is 859. The van der Waals surface area contributed by atoms with Gasteiger partial charge in [-0.25, -0.2) is 0 Å². The van der Waals surface area contributed by atoms with Gasteiger partial charge in [-0.3, -0.25) is 0 Å². The number of ether oxygens (including phenoxy) is 1. The number of fused-ring (bicyclic) bond motifs is 1. The number of para-hydroxylation sites is 1. The van der Waals surface area contributed by atoms with Gasteiger partial charge in [0.05, 0.1) is 13.7 Å². The molecule has 0 spiro atoms. The highest BCUT2D eigenvalue weighted by atomic mass is 16.5. The number of nitrogens with zero attached hydrogens (tertiary/aromatic N) is 3. The summed E-state index contributed by atoms with van der Waals surface area (Å²) >= 11 is 0. The maximum Gasteiger partial charge on any atom is 0.247 e. The van der Waals surface area contributed by atoms with E-state index in [1.807, 2.05) is 24.3 Å². The van der Waals surface area contributed by atoms with Gasteiger partial charge < -0.3 is 14.1 Å². The summed E-state index contributed by atoms with van der Waals surface area (Å²) in [6.07, 6.45) is 1.05. The topological polar surface area (TPSA) is 51.4 Å². The molecule has 1 unspecified atom stereocenters. The van der Waals surface area contributed by atoms with Gasteiger partial charge in [-0.1, -0.05) is 24.3 Å². The van der Waals surface area contributed by atoms with Gasteiger partial charge in [-0.05, 0) is 43.2 Å². The van der Waals surface area contributed by atoms with Crippen molar-refractivity contribution in [2.24, 2.45) is 0 Å². The van der Waals surface area contributed by atoms with Gasteiger partial charge in [0, 0.05) is 17.3 Å². The molecule has 1 atom stereocenters.